The number of anilines is 1. The number of hydrogen-bond acceptors (Lipinski definition) is 6. The van der Waals surface area contributed by atoms with E-state index in [0.29, 0.717) is 30.2 Å². The molecule has 1 saturated heterocycles. The number of ether oxygens (including phenoxy) is 2. The molecule has 0 bridgehead atoms. The molecule has 0 spiro atoms. The first kappa shape index (κ1) is 23.1. The number of amides is 1. The molecule has 9 heteroatoms. The van der Waals surface area contributed by atoms with E-state index in [-0.39, 0.29) is 10.8 Å². The number of hydrogen-bond donors (Lipinski definition) is 2. The van der Waals surface area contributed by atoms with Crippen molar-refractivity contribution in [2.24, 2.45) is 0 Å². The van der Waals surface area contributed by atoms with Crippen molar-refractivity contribution in [1.82, 2.24) is 10.2 Å². The van der Waals surface area contributed by atoms with Crippen molar-refractivity contribution in [3.05, 3.63) is 54.1 Å². The first-order chi connectivity index (χ1) is 15.0. The molecule has 1 aliphatic heterocycles. The molecule has 0 radical (unpaired) electrons. The lowest BCUT2D eigenvalue weighted by Gasteiger charge is -2.26. The summed E-state index contributed by atoms with van der Waals surface area (Å²) >= 11 is 0. The lowest BCUT2D eigenvalue weighted by Crippen LogP contribution is -2.38. The van der Waals surface area contributed by atoms with Crippen LogP contribution in [0.25, 0.3) is 0 Å². The van der Waals surface area contributed by atoms with E-state index in [2.05, 4.69) is 14.9 Å². The number of nitrogens with zero attached hydrogens (tertiary/aromatic N) is 1. The normalized spacial score (nSPS) is 14.7. The Morgan fingerprint density at radius 2 is 1.87 bits per heavy atom. The molecule has 1 fully saturated rings. The van der Waals surface area contributed by atoms with Crippen LogP contribution in [-0.4, -0.2) is 65.2 Å². The fourth-order valence-corrected chi connectivity index (χ4v) is 4.30. The molecule has 1 heterocycles. The Morgan fingerprint density at radius 3 is 2.58 bits per heavy atom. The maximum absolute atomic E-state index is 12.6. The summed E-state index contributed by atoms with van der Waals surface area (Å²) in [5.74, 6) is 0.373. The summed E-state index contributed by atoms with van der Waals surface area (Å²) in [6.07, 6.45) is 0.843. The molecule has 1 aliphatic rings. The quantitative estimate of drug-likeness (QED) is 0.543. The molecule has 1 amide bonds. The molecule has 31 heavy (non-hydrogen) atoms. The molecule has 2 aromatic carbocycles. The van der Waals surface area contributed by atoms with Crippen molar-refractivity contribution in [3.63, 3.8) is 0 Å². The molecular weight excluding hydrogens is 418 g/mol. The van der Waals surface area contributed by atoms with E-state index in [1.807, 2.05) is 6.92 Å². The van der Waals surface area contributed by atoms with Gasteiger partial charge in [0, 0.05) is 30.9 Å². The van der Waals surface area contributed by atoms with E-state index in [0.717, 1.165) is 39.3 Å². The lowest BCUT2D eigenvalue weighted by molar-refractivity contribution is 0.0374. The minimum atomic E-state index is -3.77. The largest absolute Gasteiger partial charge is 0.494 e. The maximum Gasteiger partial charge on any atom is 0.261 e. The van der Waals surface area contributed by atoms with Gasteiger partial charge >= 0.3 is 0 Å². The second kappa shape index (κ2) is 11.1. The first-order valence-electron chi connectivity index (χ1n) is 10.4. The van der Waals surface area contributed by atoms with Crippen LogP contribution in [0, 0.1) is 0 Å². The standard InChI is InChI=1S/C22H29N3O5S/c1-2-30-20-7-9-21(10-8-20)31(27,28)24-19-6-3-5-18(17-19)22(26)23-11-4-12-25-13-15-29-16-14-25/h3,5-10,17,24H,2,4,11-16H2,1H3,(H,23,26). The number of carbonyl (C=O) groups excluding carboxylic acids is 1. The molecule has 8 nitrogen and oxygen atoms in total. The maximum atomic E-state index is 12.6. The highest BCUT2D eigenvalue weighted by atomic mass is 32.2. The van der Waals surface area contributed by atoms with Gasteiger partial charge in [-0.1, -0.05) is 6.07 Å². The smallest absolute Gasteiger partial charge is 0.261 e. The fourth-order valence-electron chi connectivity index (χ4n) is 3.25. The highest BCUT2D eigenvalue weighted by Crippen LogP contribution is 2.20. The number of benzene rings is 2. The molecule has 2 aromatic rings. The zero-order chi connectivity index (χ0) is 22.1. The minimum absolute atomic E-state index is 0.119. The van der Waals surface area contributed by atoms with Crippen LogP contribution >= 0.6 is 0 Å². The van der Waals surface area contributed by atoms with Gasteiger partial charge < -0.3 is 14.8 Å². The molecule has 0 aliphatic carbocycles. The third-order valence-corrected chi connectivity index (χ3v) is 6.26. The van der Waals surface area contributed by atoms with E-state index < -0.39 is 10.0 Å². The van der Waals surface area contributed by atoms with Gasteiger partial charge in [0.25, 0.3) is 15.9 Å². The number of sulfonamides is 1. The van der Waals surface area contributed by atoms with E-state index in [1.165, 1.54) is 18.2 Å². The summed E-state index contributed by atoms with van der Waals surface area (Å²) in [6, 6.07) is 12.6. The third kappa shape index (κ3) is 6.95. The summed E-state index contributed by atoms with van der Waals surface area (Å²) in [5.41, 5.74) is 0.730. The summed E-state index contributed by atoms with van der Waals surface area (Å²) in [5, 5.41) is 2.89. The van der Waals surface area contributed by atoms with Crippen LogP contribution in [0.5, 0.6) is 5.75 Å². The van der Waals surface area contributed by atoms with E-state index in [1.54, 1.807) is 30.3 Å². The second-order valence-corrected chi connectivity index (χ2v) is 8.84. The molecule has 168 valence electrons. The highest BCUT2D eigenvalue weighted by Gasteiger charge is 2.16. The van der Waals surface area contributed by atoms with Crippen molar-refractivity contribution >= 4 is 21.6 Å². The monoisotopic (exact) mass is 447 g/mol. The van der Waals surface area contributed by atoms with E-state index in [4.69, 9.17) is 9.47 Å². The Kier molecular flexibility index (Phi) is 8.27. The third-order valence-electron chi connectivity index (χ3n) is 4.86. The molecule has 3 rings (SSSR count). The molecular formula is C22H29N3O5S. The van der Waals surface area contributed by atoms with Crippen molar-refractivity contribution in [2.45, 2.75) is 18.2 Å². The van der Waals surface area contributed by atoms with Crippen LogP contribution in [0.15, 0.2) is 53.4 Å². The lowest BCUT2D eigenvalue weighted by atomic mass is 10.2. The highest BCUT2D eigenvalue weighted by molar-refractivity contribution is 7.92. The topological polar surface area (TPSA) is 97.0 Å². The molecule has 0 unspecified atom stereocenters. The Bertz CT molecular complexity index is 957. The van der Waals surface area contributed by atoms with Gasteiger partial charge in [0.2, 0.25) is 0 Å². The summed E-state index contributed by atoms with van der Waals surface area (Å²) in [7, 11) is -3.77. The van der Waals surface area contributed by atoms with Gasteiger partial charge in [-0.3, -0.25) is 14.4 Å². The summed E-state index contributed by atoms with van der Waals surface area (Å²) in [4.78, 5) is 14.9. The van der Waals surface area contributed by atoms with Gasteiger partial charge in [0.1, 0.15) is 5.75 Å². The van der Waals surface area contributed by atoms with Crippen LogP contribution in [0.3, 0.4) is 0 Å². The predicted molar refractivity (Wildman–Crippen MR) is 119 cm³/mol. The minimum Gasteiger partial charge on any atom is -0.494 e. The van der Waals surface area contributed by atoms with Crippen LogP contribution in [0.4, 0.5) is 5.69 Å². The van der Waals surface area contributed by atoms with Gasteiger partial charge in [-0.15, -0.1) is 0 Å². The molecule has 0 atom stereocenters. The van der Waals surface area contributed by atoms with Crippen molar-refractivity contribution in [2.75, 3.05) is 50.7 Å². The Hall–Kier alpha value is -2.62. The van der Waals surface area contributed by atoms with Crippen LogP contribution in [-0.2, 0) is 14.8 Å². The number of nitrogens with one attached hydrogen (secondary N) is 2. The SMILES string of the molecule is CCOc1ccc(S(=O)(=O)Nc2cccc(C(=O)NCCCN3CCOCC3)c2)cc1. The van der Waals surface area contributed by atoms with E-state index in [9.17, 15) is 13.2 Å². The molecule has 0 aromatic heterocycles. The average molecular weight is 448 g/mol. The molecule has 2 N–H and O–H groups in total. The van der Waals surface area contributed by atoms with Crippen molar-refractivity contribution in [1.29, 1.82) is 0 Å². The summed E-state index contributed by atoms with van der Waals surface area (Å²) in [6.45, 7) is 7.18. The Morgan fingerprint density at radius 1 is 1.13 bits per heavy atom. The second-order valence-electron chi connectivity index (χ2n) is 7.15. The van der Waals surface area contributed by atoms with Gasteiger partial charge in [-0.25, -0.2) is 8.42 Å². The summed E-state index contributed by atoms with van der Waals surface area (Å²) < 4.78 is 38.5. The van der Waals surface area contributed by atoms with Crippen LogP contribution in [0.2, 0.25) is 0 Å². The predicted octanol–water partition coefficient (Wildman–Crippen LogP) is 2.34. The number of carbonyl (C=O) groups is 1. The average Bonchev–Trinajstić information content (AvgIpc) is 2.78. The van der Waals surface area contributed by atoms with Gasteiger partial charge in [0.15, 0.2) is 0 Å². The van der Waals surface area contributed by atoms with Gasteiger partial charge in [-0.2, -0.15) is 0 Å². The zero-order valence-corrected chi connectivity index (χ0v) is 18.5. The van der Waals surface area contributed by atoms with Crippen LogP contribution in [0.1, 0.15) is 23.7 Å². The number of morpholine rings is 1. The van der Waals surface area contributed by atoms with Gasteiger partial charge in [-0.05, 0) is 62.4 Å². The van der Waals surface area contributed by atoms with Crippen molar-refractivity contribution < 1.29 is 22.7 Å². The van der Waals surface area contributed by atoms with Crippen molar-refractivity contribution in [3.8, 4) is 5.75 Å². The van der Waals surface area contributed by atoms with E-state index >= 15 is 0 Å². The zero-order valence-electron chi connectivity index (χ0n) is 17.7. The Labute approximate surface area is 183 Å². The number of rotatable bonds is 10. The first-order valence-corrected chi connectivity index (χ1v) is 11.9. The molecule has 0 saturated carbocycles. The van der Waals surface area contributed by atoms with Crippen LogP contribution < -0.4 is 14.8 Å². The Balaban J connectivity index is 1.54. The fraction of sp³-hybridized carbons (Fsp3) is 0.409. The van der Waals surface area contributed by atoms with Gasteiger partial charge in [0.05, 0.1) is 24.7 Å².